The van der Waals surface area contributed by atoms with E-state index in [1.165, 1.54) is 109 Å². The predicted molar refractivity (Wildman–Crippen MR) is 313 cm³/mol. The van der Waals surface area contributed by atoms with E-state index >= 15 is 0 Å². The Morgan fingerprint density at radius 3 is 1.41 bits per heavy atom. The average molecular weight is 1100 g/mol. The third-order valence-corrected chi connectivity index (χ3v) is 14.2. The molecule has 0 bridgehead atoms. The number of hydrogen-bond donors (Lipinski definition) is 9. The lowest BCUT2D eigenvalue weighted by Crippen LogP contribution is -2.65. The fourth-order valence-corrected chi connectivity index (χ4v) is 9.36. The molecular formula is C64H109NO13. The smallest absolute Gasteiger partial charge is 0.220 e. The lowest BCUT2D eigenvalue weighted by molar-refractivity contribution is -0.359. The third-order valence-electron chi connectivity index (χ3n) is 14.2. The molecule has 0 saturated carbocycles. The second-order valence-electron chi connectivity index (χ2n) is 21.1. The molecular weight excluding hydrogens is 991 g/mol. The first-order chi connectivity index (χ1) is 38.1. The Hall–Kier alpha value is -3.09. The second-order valence-corrected chi connectivity index (χ2v) is 21.1. The number of hydrogen-bond acceptors (Lipinski definition) is 13. The zero-order valence-corrected chi connectivity index (χ0v) is 48.1. The monoisotopic (exact) mass is 1100 g/mol. The molecule has 14 nitrogen and oxygen atoms in total. The summed E-state index contributed by atoms with van der Waals surface area (Å²) in [6.07, 6.45) is 50.4. The Labute approximate surface area is 471 Å². The van der Waals surface area contributed by atoms with E-state index in [1.54, 1.807) is 6.08 Å². The third kappa shape index (κ3) is 33.6. The van der Waals surface area contributed by atoms with Crippen LogP contribution in [0, 0.1) is 0 Å². The highest BCUT2D eigenvalue weighted by Gasteiger charge is 2.51. The van der Waals surface area contributed by atoms with Crippen molar-refractivity contribution in [3.8, 4) is 0 Å². The van der Waals surface area contributed by atoms with Crippen molar-refractivity contribution in [3.63, 3.8) is 0 Å². The van der Waals surface area contributed by atoms with E-state index in [0.29, 0.717) is 19.3 Å². The standard InChI is InChI=1S/C64H109NO13/c1-3-5-7-9-11-13-15-17-19-21-22-23-24-25-26-27-28-29-30-32-33-35-37-39-41-43-45-47-53(68)52(65-56(69)48-46-44-42-40-38-36-34-31-20-18-16-14-12-10-8-6-4-2)51-75-63-61(74)59(72)62(55(50-67)77-63)78-64-60(73)58(71)57(70)54(49-66)76-64/h6,8,12,14,18,20,30,32,34,36-37,39-40,42,45,47,52-55,57-64,66-68,70-74H,3-5,7,9-11,13,15-17,19,21-29,31,33,35,38,41,43-44,46,48-51H2,1-2H3,(H,65,69)/b8-6-,14-12-,20-18-,32-30+,36-34-,39-37+,42-40-,47-45+. The molecule has 1 amide bonds. The van der Waals surface area contributed by atoms with Crippen LogP contribution in [0.15, 0.2) is 97.2 Å². The summed E-state index contributed by atoms with van der Waals surface area (Å²) in [5.41, 5.74) is 0. The Morgan fingerprint density at radius 1 is 0.474 bits per heavy atom. The van der Waals surface area contributed by atoms with Gasteiger partial charge in [-0.2, -0.15) is 0 Å². The quantitative estimate of drug-likeness (QED) is 0.0204. The van der Waals surface area contributed by atoms with Gasteiger partial charge in [0, 0.05) is 6.42 Å². The normalized spacial score (nSPS) is 25.3. The zero-order valence-electron chi connectivity index (χ0n) is 48.1. The van der Waals surface area contributed by atoms with Crippen molar-refractivity contribution < 1.29 is 64.6 Å². The van der Waals surface area contributed by atoms with Crippen molar-refractivity contribution in [2.75, 3.05) is 19.8 Å². The van der Waals surface area contributed by atoms with Crippen LogP contribution in [0.25, 0.3) is 0 Å². The Morgan fingerprint density at radius 2 is 0.897 bits per heavy atom. The summed E-state index contributed by atoms with van der Waals surface area (Å²) in [6.45, 7) is 2.61. The number of ether oxygens (including phenoxy) is 4. The molecule has 78 heavy (non-hydrogen) atoms. The van der Waals surface area contributed by atoms with Crippen molar-refractivity contribution in [2.24, 2.45) is 0 Å². The van der Waals surface area contributed by atoms with E-state index in [9.17, 15) is 45.6 Å². The second kappa shape index (κ2) is 48.6. The van der Waals surface area contributed by atoms with Gasteiger partial charge in [-0.15, -0.1) is 0 Å². The maximum absolute atomic E-state index is 13.2. The minimum absolute atomic E-state index is 0.186. The Kier molecular flexibility index (Phi) is 44.3. The first-order valence-corrected chi connectivity index (χ1v) is 30.5. The van der Waals surface area contributed by atoms with Gasteiger partial charge >= 0.3 is 0 Å². The SMILES string of the molecule is CC/C=C\C/C=C\C/C=C\C/C=C\C/C=C\CCCC(=O)NC(COC1OC(CO)C(OC2OC(CO)C(O)C(O)C2O)C(O)C1O)C(O)/C=C/CC/C=C/CC/C=C/CCCCCCCCCCCCCCCCCCC. The molecule has 0 aromatic rings. The predicted octanol–water partition coefficient (Wildman–Crippen LogP) is 10.7. The summed E-state index contributed by atoms with van der Waals surface area (Å²) in [6, 6.07) is -0.975. The van der Waals surface area contributed by atoms with E-state index in [1.807, 2.05) is 12.2 Å². The highest BCUT2D eigenvalue weighted by molar-refractivity contribution is 5.76. The first kappa shape index (κ1) is 71.0. The topological polar surface area (TPSA) is 228 Å². The summed E-state index contributed by atoms with van der Waals surface area (Å²) in [5.74, 6) is -0.313. The molecule has 2 aliphatic rings. The van der Waals surface area contributed by atoms with Crippen LogP contribution in [0.1, 0.15) is 206 Å². The van der Waals surface area contributed by atoms with Gasteiger partial charge in [-0.1, -0.05) is 214 Å². The van der Waals surface area contributed by atoms with Crippen LogP contribution in [-0.2, 0) is 23.7 Å². The maximum atomic E-state index is 13.2. The summed E-state index contributed by atoms with van der Waals surface area (Å²) in [7, 11) is 0. The summed E-state index contributed by atoms with van der Waals surface area (Å²) in [4.78, 5) is 13.2. The lowest BCUT2D eigenvalue weighted by Gasteiger charge is -2.46. The number of nitrogens with one attached hydrogen (secondary N) is 1. The Balaban J connectivity index is 1.79. The van der Waals surface area contributed by atoms with Crippen molar-refractivity contribution in [3.05, 3.63) is 97.2 Å². The molecule has 2 saturated heterocycles. The van der Waals surface area contributed by atoms with Gasteiger partial charge in [0.1, 0.15) is 48.8 Å². The molecule has 12 unspecified atom stereocenters. The van der Waals surface area contributed by atoms with E-state index < -0.39 is 86.8 Å². The summed E-state index contributed by atoms with van der Waals surface area (Å²) >= 11 is 0. The first-order valence-electron chi connectivity index (χ1n) is 30.5. The highest BCUT2D eigenvalue weighted by atomic mass is 16.7. The highest BCUT2D eigenvalue weighted by Crippen LogP contribution is 2.30. The molecule has 0 aromatic carbocycles. The fourth-order valence-electron chi connectivity index (χ4n) is 9.36. The molecule has 2 fully saturated rings. The van der Waals surface area contributed by atoms with Gasteiger partial charge in [0.25, 0.3) is 0 Å². The van der Waals surface area contributed by atoms with E-state index in [2.05, 4.69) is 98.2 Å². The van der Waals surface area contributed by atoms with Gasteiger partial charge in [-0.25, -0.2) is 0 Å². The number of carbonyl (C=O) groups is 1. The van der Waals surface area contributed by atoms with E-state index in [-0.39, 0.29) is 18.9 Å². The van der Waals surface area contributed by atoms with Gasteiger partial charge in [-0.05, 0) is 83.5 Å². The Bertz CT molecular complexity index is 1680. The average Bonchev–Trinajstić information content (AvgIpc) is 3.48. The number of carbonyl (C=O) groups excluding carboxylic acids is 1. The van der Waals surface area contributed by atoms with Crippen LogP contribution in [0.4, 0.5) is 0 Å². The zero-order chi connectivity index (χ0) is 56.7. The number of rotatable bonds is 47. The molecule has 0 radical (unpaired) electrons. The number of allylic oxidation sites excluding steroid dienone is 15. The molecule has 14 heteroatoms. The van der Waals surface area contributed by atoms with E-state index in [0.717, 1.165) is 57.8 Å². The van der Waals surface area contributed by atoms with Crippen molar-refractivity contribution >= 4 is 5.91 Å². The summed E-state index contributed by atoms with van der Waals surface area (Å²) < 4.78 is 22.7. The van der Waals surface area contributed by atoms with Crippen LogP contribution in [0.3, 0.4) is 0 Å². The van der Waals surface area contributed by atoms with Crippen molar-refractivity contribution in [1.29, 1.82) is 0 Å². The fraction of sp³-hybridized carbons (Fsp3) is 0.734. The van der Waals surface area contributed by atoms with Crippen molar-refractivity contribution in [2.45, 2.75) is 280 Å². The van der Waals surface area contributed by atoms with Gasteiger partial charge in [0.2, 0.25) is 5.91 Å². The minimum atomic E-state index is -1.80. The maximum Gasteiger partial charge on any atom is 0.220 e. The van der Waals surface area contributed by atoms with Gasteiger partial charge < -0.3 is 65.1 Å². The van der Waals surface area contributed by atoms with Crippen LogP contribution < -0.4 is 5.32 Å². The molecule has 0 aromatic heterocycles. The molecule has 2 heterocycles. The van der Waals surface area contributed by atoms with Gasteiger partial charge in [-0.3, -0.25) is 4.79 Å². The van der Waals surface area contributed by atoms with Crippen LogP contribution in [0.2, 0.25) is 0 Å². The molecule has 12 atom stereocenters. The molecule has 0 spiro atoms. The number of unbranched alkanes of at least 4 members (excludes halogenated alkanes) is 20. The molecule has 2 rings (SSSR count). The molecule has 448 valence electrons. The number of aliphatic hydroxyl groups excluding tert-OH is 8. The number of aliphatic hydroxyl groups is 8. The van der Waals surface area contributed by atoms with Crippen LogP contribution >= 0.6 is 0 Å². The van der Waals surface area contributed by atoms with E-state index in [4.69, 9.17) is 18.9 Å². The molecule has 9 N–H and O–H groups in total. The van der Waals surface area contributed by atoms with Gasteiger partial charge in [0.05, 0.1) is 32.0 Å². The number of amides is 1. The largest absolute Gasteiger partial charge is 0.394 e. The van der Waals surface area contributed by atoms with Crippen LogP contribution in [0.5, 0.6) is 0 Å². The lowest BCUT2D eigenvalue weighted by atomic mass is 9.97. The van der Waals surface area contributed by atoms with Crippen molar-refractivity contribution in [1.82, 2.24) is 5.32 Å². The molecule has 2 aliphatic heterocycles. The van der Waals surface area contributed by atoms with Gasteiger partial charge in [0.15, 0.2) is 12.6 Å². The summed E-state index contributed by atoms with van der Waals surface area (Å²) in [5, 5.41) is 87.0. The molecule has 0 aliphatic carbocycles. The minimum Gasteiger partial charge on any atom is -0.394 e. The van der Waals surface area contributed by atoms with Crippen LogP contribution in [-0.4, -0.2) is 140 Å².